The summed E-state index contributed by atoms with van der Waals surface area (Å²) in [5.41, 5.74) is 5.63. The van der Waals surface area contributed by atoms with Crippen molar-refractivity contribution in [3.05, 3.63) is 42.2 Å². The number of nitrogens with two attached hydrogens (primary N) is 1. The third kappa shape index (κ3) is 5.12. The van der Waals surface area contributed by atoms with Gasteiger partial charge in [0.05, 0.1) is 6.04 Å². The minimum absolute atomic E-state index is 0.104. The van der Waals surface area contributed by atoms with Crippen molar-refractivity contribution in [2.45, 2.75) is 19.0 Å². The maximum absolute atomic E-state index is 12.0. The first-order valence-electron chi connectivity index (χ1n) is 4.94. The fourth-order valence-electron chi connectivity index (χ4n) is 1.28. The van der Waals surface area contributed by atoms with E-state index in [-0.39, 0.29) is 5.56 Å². The van der Waals surface area contributed by atoms with E-state index in [0.717, 1.165) is 12.1 Å². The van der Waals surface area contributed by atoms with Gasteiger partial charge in [-0.2, -0.15) is 8.78 Å². The second-order valence-electron chi connectivity index (χ2n) is 3.44. The summed E-state index contributed by atoms with van der Waals surface area (Å²) < 4.78 is 67.6. The van der Waals surface area contributed by atoms with Gasteiger partial charge >= 0.3 is 13.0 Å². The van der Waals surface area contributed by atoms with Gasteiger partial charge < -0.3 is 15.2 Å². The molecule has 19 heavy (non-hydrogen) atoms. The summed E-state index contributed by atoms with van der Waals surface area (Å²) in [7, 11) is 0. The van der Waals surface area contributed by atoms with Crippen LogP contribution < -0.4 is 10.5 Å². The van der Waals surface area contributed by atoms with Crippen LogP contribution in [0.25, 0.3) is 0 Å². The zero-order chi connectivity index (χ0) is 14.6. The molecule has 0 saturated heterocycles. The molecule has 8 heteroatoms. The summed E-state index contributed by atoms with van der Waals surface area (Å²) in [4.78, 5) is 0. The minimum atomic E-state index is -4.85. The van der Waals surface area contributed by atoms with Crippen molar-refractivity contribution in [2.24, 2.45) is 5.73 Å². The van der Waals surface area contributed by atoms with Crippen molar-refractivity contribution in [1.29, 1.82) is 0 Å². The minimum Gasteiger partial charge on any atom is -0.438 e. The number of hydrogen-bond donors (Lipinski definition) is 1. The number of alkyl halides is 5. The summed E-state index contributed by atoms with van der Waals surface area (Å²) in [6.07, 6.45) is -4.85. The number of rotatable bonds is 5. The van der Waals surface area contributed by atoms with Crippen LogP contribution in [0.1, 0.15) is 11.6 Å². The van der Waals surface area contributed by atoms with Crippen molar-refractivity contribution in [2.75, 3.05) is 0 Å². The Morgan fingerprint density at radius 3 is 2.42 bits per heavy atom. The highest BCUT2D eigenvalue weighted by molar-refractivity contribution is 5.33. The van der Waals surface area contributed by atoms with Crippen LogP contribution in [0.15, 0.2) is 36.6 Å². The largest absolute Gasteiger partial charge is 0.573 e. The van der Waals surface area contributed by atoms with Gasteiger partial charge in [-0.3, -0.25) is 0 Å². The molecule has 0 fully saturated rings. The van der Waals surface area contributed by atoms with Gasteiger partial charge in [-0.15, -0.1) is 13.2 Å². The first kappa shape index (κ1) is 15.2. The monoisotopic (exact) mass is 283 g/mol. The predicted octanol–water partition coefficient (Wildman–Crippen LogP) is 3.34. The molecular weight excluding hydrogens is 273 g/mol. The van der Waals surface area contributed by atoms with E-state index < -0.39 is 30.5 Å². The summed E-state index contributed by atoms with van der Waals surface area (Å²) >= 11 is 0. The van der Waals surface area contributed by atoms with Crippen LogP contribution in [0.2, 0.25) is 0 Å². The van der Waals surface area contributed by atoms with Gasteiger partial charge in [0.2, 0.25) is 0 Å². The highest BCUT2D eigenvalue weighted by Gasteiger charge is 2.31. The highest BCUT2D eigenvalue weighted by Crippen LogP contribution is 2.27. The SMILES string of the molecule is C=C(OC(F)F)C(N)c1cccc(OC(F)(F)F)c1. The Morgan fingerprint density at radius 2 is 1.89 bits per heavy atom. The smallest absolute Gasteiger partial charge is 0.438 e. The van der Waals surface area contributed by atoms with E-state index in [2.05, 4.69) is 16.1 Å². The maximum atomic E-state index is 12.0. The van der Waals surface area contributed by atoms with Gasteiger partial charge in [-0.05, 0) is 17.7 Å². The molecule has 106 valence electrons. The lowest BCUT2D eigenvalue weighted by Crippen LogP contribution is -2.19. The molecule has 0 spiro atoms. The van der Waals surface area contributed by atoms with E-state index in [0.29, 0.717) is 0 Å². The first-order valence-corrected chi connectivity index (χ1v) is 4.94. The van der Waals surface area contributed by atoms with Gasteiger partial charge in [-0.1, -0.05) is 18.7 Å². The molecule has 0 radical (unpaired) electrons. The molecule has 0 bridgehead atoms. The summed E-state index contributed by atoms with van der Waals surface area (Å²) in [5, 5.41) is 0. The molecule has 0 heterocycles. The van der Waals surface area contributed by atoms with E-state index in [1.165, 1.54) is 12.1 Å². The summed E-state index contributed by atoms with van der Waals surface area (Å²) in [6.45, 7) is 0.0816. The van der Waals surface area contributed by atoms with E-state index in [4.69, 9.17) is 5.73 Å². The molecule has 1 unspecified atom stereocenters. The van der Waals surface area contributed by atoms with Crippen LogP contribution in [-0.2, 0) is 4.74 Å². The fourth-order valence-corrected chi connectivity index (χ4v) is 1.28. The number of hydrogen-bond acceptors (Lipinski definition) is 3. The third-order valence-electron chi connectivity index (χ3n) is 2.04. The van der Waals surface area contributed by atoms with Crippen molar-refractivity contribution >= 4 is 0 Å². The van der Waals surface area contributed by atoms with Crippen molar-refractivity contribution in [3.63, 3.8) is 0 Å². The topological polar surface area (TPSA) is 44.5 Å². The molecule has 0 saturated carbocycles. The fraction of sp³-hybridized carbons (Fsp3) is 0.273. The van der Waals surface area contributed by atoms with E-state index in [1.807, 2.05) is 0 Å². The third-order valence-corrected chi connectivity index (χ3v) is 2.04. The van der Waals surface area contributed by atoms with Crippen molar-refractivity contribution < 1.29 is 31.4 Å². The average molecular weight is 283 g/mol. The summed E-state index contributed by atoms with van der Waals surface area (Å²) in [6, 6.07) is 3.42. The predicted molar refractivity (Wildman–Crippen MR) is 56.3 cm³/mol. The van der Waals surface area contributed by atoms with Gasteiger partial charge in [0.15, 0.2) is 0 Å². The van der Waals surface area contributed by atoms with E-state index in [1.54, 1.807) is 0 Å². The molecule has 0 aromatic heterocycles. The highest BCUT2D eigenvalue weighted by atomic mass is 19.4. The Morgan fingerprint density at radius 1 is 1.26 bits per heavy atom. The van der Waals surface area contributed by atoms with Gasteiger partial charge in [0, 0.05) is 0 Å². The Bertz CT molecular complexity index is 447. The normalized spacial score (nSPS) is 13.2. The molecule has 0 aliphatic heterocycles. The molecule has 0 aliphatic carbocycles. The zero-order valence-electron chi connectivity index (χ0n) is 9.45. The molecular formula is C11H10F5NO2. The van der Waals surface area contributed by atoms with Crippen LogP contribution in [-0.4, -0.2) is 13.0 Å². The molecule has 2 N–H and O–H groups in total. The lowest BCUT2D eigenvalue weighted by Gasteiger charge is -2.17. The molecule has 0 aliphatic rings. The van der Waals surface area contributed by atoms with Crippen LogP contribution in [0.3, 0.4) is 0 Å². The first-order chi connectivity index (χ1) is 8.69. The molecule has 1 atom stereocenters. The lowest BCUT2D eigenvalue weighted by atomic mass is 10.1. The summed E-state index contributed by atoms with van der Waals surface area (Å²) in [5.74, 6) is -0.968. The van der Waals surface area contributed by atoms with E-state index in [9.17, 15) is 22.0 Å². The number of ether oxygens (including phenoxy) is 2. The quantitative estimate of drug-likeness (QED) is 0.666. The second-order valence-corrected chi connectivity index (χ2v) is 3.44. The number of halogens is 5. The van der Waals surface area contributed by atoms with Crippen LogP contribution in [0.4, 0.5) is 22.0 Å². The Kier molecular flexibility index (Phi) is 4.71. The van der Waals surface area contributed by atoms with E-state index >= 15 is 0 Å². The van der Waals surface area contributed by atoms with Gasteiger partial charge in [-0.25, -0.2) is 0 Å². The molecule has 0 amide bonds. The van der Waals surface area contributed by atoms with Gasteiger partial charge in [0.25, 0.3) is 0 Å². The lowest BCUT2D eigenvalue weighted by molar-refractivity contribution is -0.274. The number of benzene rings is 1. The standard InChI is InChI=1S/C11H10F5NO2/c1-6(18-10(12)13)9(17)7-3-2-4-8(5-7)19-11(14,15)16/h2-5,9-10H,1,17H2. The van der Waals surface area contributed by atoms with Crippen LogP contribution >= 0.6 is 0 Å². The van der Waals surface area contributed by atoms with Crippen LogP contribution in [0.5, 0.6) is 5.75 Å². The maximum Gasteiger partial charge on any atom is 0.573 e. The van der Waals surface area contributed by atoms with Gasteiger partial charge in [0.1, 0.15) is 11.5 Å². The Labute approximate surface area is 105 Å². The Balaban J connectivity index is 2.84. The molecule has 1 aromatic carbocycles. The molecule has 3 nitrogen and oxygen atoms in total. The second kappa shape index (κ2) is 5.87. The van der Waals surface area contributed by atoms with Crippen LogP contribution in [0, 0.1) is 0 Å². The molecule has 1 rings (SSSR count). The van der Waals surface area contributed by atoms with Crippen molar-refractivity contribution in [3.8, 4) is 5.75 Å². The Hall–Kier alpha value is -1.83. The average Bonchev–Trinajstić information content (AvgIpc) is 2.25. The molecule has 1 aromatic rings. The van der Waals surface area contributed by atoms with Crippen molar-refractivity contribution in [1.82, 2.24) is 0 Å². The zero-order valence-corrected chi connectivity index (χ0v) is 9.45.